The molecule has 0 aliphatic heterocycles. The summed E-state index contributed by atoms with van der Waals surface area (Å²) < 4.78 is 5.01. The lowest BCUT2D eigenvalue weighted by Crippen LogP contribution is -2.07. The summed E-state index contributed by atoms with van der Waals surface area (Å²) in [6.07, 6.45) is 0. The molecule has 0 aromatic heterocycles. The average Bonchev–Trinajstić information content (AvgIpc) is 2.42. The van der Waals surface area contributed by atoms with E-state index in [4.69, 9.17) is 10.5 Å². The van der Waals surface area contributed by atoms with Crippen molar-refractivity contribution in [3.63, 3.8) is 0 Å². The highest BCUT2D eigenvalue weighted by Gasteiger charge is 2.03. The van der Waals surface area contributed by atoms with Crippen molar-refractivity contribution in [1.82, 2.24) is 0 Å². The minimum Gasteiger partial charge on any atom is -0.398 e. The molecular formula is C15H18N2O. The van der Waals surface area contributed by atoms with Crippen molar-refractivity contribution in [1.29, 1.82) is 0 Å². The fourth-order valence-corrected chi connectivity index (χ4v) is 1.83. The van der Waals surface area contributed by atoms with Crippen molar-refractivity contribution in [2.45, 2.75) is 0 Å². The number of benzene rings is 2. The van der Waals surface area contributed by atoms with Crippen LogP contribution in [0.4, 0.5) is 11.4 Å². The second-order valence-electron chi connectivity index (χ2n) is 4.09. The van der Waals surface area contributed by atoms with E-state index in [2.05, 4.69) is 23.5 Å². The number of hydrogen-bond acceptors (Lipinski definition) is 3. The molecule has 0 aliphatic carbocycles. The Morgan fingerprint density at radius 2 is 1.89 bits per heavy atom. The molecule has 0 saturated heterocycles. The molecule has 0 amide bonds. The van der Waals surface area contributed by atoms with Crippen molar-refractivity contribution in [3.8, 4) is 11.1 Å². The molecule has 18 heavy (non-hydrogen) atoms. The number of hydrogen-bond donors (Lipinski definition) is 2. The Hall–Kier alpha value is -2.00. The van der Waals surface area contributed by atoms with Gasteiger partial charge >= 0.3 is 0 Å². The summed E-state index contributed by atoms with van der Waals surface area (Å²) in [6.45, 7) is 1.47. The van der Waals surface area contributed by atoms with Gasteiger partial charge in [-0.15, -0.1) is 0 Å². The number of nitrogens with one attached hydrogen (secondary N) is 1. The molecule has 0 atom stereocenters. The van der Waals surface area contributed by atoms with E-state index in [1.807, 2.05) is 30.3 Å². The molecule has 0 saturated carbocycles. The highest BCUT2D eigenvalue weighted by Crippen LogP contribution is 2.28. The van der Waals surface area contributed by atoms with E-state index >= 15 is 0 Å². The van der Waals surface area contributed by atoms with Gasteiger partial charge in [0.05, 0.1) is 6.61 Å². The quantitative estimate of drug-likeness (QED) is 0.626. The molecule has 0 heterocycles. The zero-order chi connectivity index (χ0) is 12.8. The maximum Gasteiger partial charge on any atom is 0.0635 e. The Kier molecular flexibility index (Phi) is 4.20. The van der Waals surface area contributed by atoms with E-state index < -0.39 is 0 Å². The minimum atomic E-state index is 0.686. The van der Waals surface area contributed by atoms with Crippen molar-refractivity contribution >= 4 is 11.4 Å². The Labute approximate surface area is 108 Å². The van der Waals surface area contributed by atoms with Crippen LogP contribution in [0.25, 0.3) is 11.1 Å². The predicted molar refractivity (Wildman–Crippen MR) is 76.7 cm³/mol. The maximum atomic E-state index is 6.02. The summed E-state index contributed by atoms with van der Waals surface area (Å²) in [7, 11) is 1.69. The van der Waals surface area contributed by atoms with Crippen LogP contribution >= 0.6 is 0 Å². The van der Waals surface area contributed by atoms with E-state index in [0.29, 0.717) is 6.61 Å². The Morgan fingerprint density at radius 3 is 2.61 bits per heavy atom. The molecule has 2 aromatic rings. The first-order chi connectivity index (χ1) is 8.81. The lowest BCUT2D eigenvalue weighted by molar-refractivity contribution is 0.211. The van der Waals surface area contributed by atoms with Crippen LogP contribution in [0.5, 0.6) is 0 Å². The van der Waals surface area contributed by atoms with Crippen LogP contribution in [0.2, 0.25) is 0 Å². The molecule has 3 N–H and O–H groups in total. The Morgan fingerprint density at radius 1 is 1.11 bits per heavy atom. The third kappa shape index (κ3) is 3.02. The van der Waals surface area contributed by atoms with Gasteiger partial charge in [0.25, 0.3) is 0 Å². The van der Waals surface area contributed by atoms with Gasteiger partial charge < -0.3 is 15.8 Å². The molecule has 2 rings (SSSR count). The first-order valence-electron chi connectivity index (χ1n) is 5.99. The Balaban J connectivity index is 2.22. The van der Waals surface area contributed by atoms with Crippen molar-refractivity contribution in [3.05, 3.63) is 48.5 Å². The first-order valence-corrected chi connectivity index (χ1v) is 5.99. The number of ether oxygens (including phenoxy) is 1. The lowest BCUT2D eigenvalue weighted by Gasteiger charge is -2.10. The monoisotopic (exact) mass is 242 g/mol. The van der Waals surface area contributed by atoms with Gasteiger partial charge in [0.15, 0.2) is 0 Å². The van der Waals surface area contributed by atoms with Crippen molar-refractivity contribution in [2.75, 3.05) is 31.3 Å². The van der Waals surface area contributed by atoms with Crippen LogP contribution in [-0.2, 0) is 4.74 Å². The second kappa shape index (κ2) is 6.07. The van der Waals surface area contributed by atoms with E-state index in [1.54, 1.807) is 7.11 Å². The number of methoxy groups -OCH3 is 1. The smallest absolute Gasteiger partial charge is 0.0635 e. The number of anilines is 2. The van der Waals surface area contributed by atoms with Gasteiger partial charge in [-0.1, -0.05) is 30.3 Å². The molecule has 3 nitrogen and oxygen atoms in total. The van der Waals surface area contributed by atoms with E-state index in [-0.39, 0.29) is 0 Å². The molecular weight excluding hydrogens is 224 g/mol. The molecule has 0 unspecified atom stereocenters. The van der Waals surface area contributed by atoms with Crippen LogP contribution in [0, 0.1) is 0 Å². The van der Waals surface area contributed by atoms with E-state index in [1.165, 1.54) is 0 Å². The fourth-order valence-electron chi connectivity index (χ4n) is 1.83. The molecule has 0 radical (unpaired) electrons. The molecule has 0 fully saturated rings. The standard InChI is InChI=1S/C15H18N2O/c1-18-10-9-17-13-7-8-15(16)14(11-13)12-5-3-2-4-6-12/h2-8,11,17H,9-10,16H2,1H3. The topological polar surface area (TPSA) is 47.3 Å². The van der Waals surface area contributed by atoms with Gasteiger partial charge in [0.2, 0.25) is 0 Å². The van der Waals surface area contributed by atoms with Gasteiger partial charge in [-0.2, -0.15) is 0 Å². The average molecular weight is 242 g/mol. The summed E-state index contributed by atoms with van der Waals surface area (Å²) in [6, 6.07) is 16.1. The SMILES string of the molecule is COCCNc1ccc(N)c(-c2ccccc2)c1. The molecule has 3 heteroatoms. The van der Waals surface area contributed by atoms with Gasteiger partial charge in [0, 0.05) is 30.6 Å². The minimum absolute atomic E-state index is 0.686. The second-order valence-corrected chi connectivity index (χ2v) is 4.09. The molecule has 0 spiro atoms. The number of nitrogen functional groups attached to an aromatic ring is 1. The summed E-state index contributed by atoms with van der Waals surface area (Å²) in [5.74, 6) is 0. The van der Waals surface area contributed by atoms with Crippen LogP contribution in [-0.4, -0.2) is 20.3 Å². The number of nitrogens with two attached hydrogens (primary N) is 1. The molecule has 2 aromatic carbocycles. The first kappa shape index (κ1) is 12.5. The number of rotatable bonds is 5. The highest BCUT2D eigenvalue weighted by atomic mass is 16.5. The van der Waals surface area contributed by atoms with Crippen LogP contribution in [0.1, 0.15) is 0 Å². The van der Waals surface area contributed by atoms with Crippen LogP contribution < -0.4 is 11.1 Å². The van der Waals surface area contributed by atoms with Crippen LogP contribution in [0.15, 0.2) is 48.5 Å². The molecule has 0 bridgehead atoms. The third-order valence-corrected chi connectivity index (χ3v) is 2.77. The summed E-state index contributed by atoms with van der Waals surface area (Å²) >= 11 is 0. The van der Waals surface area contributed by atoms with Crippen molar-refractivity contribution in [2.24, 2.45) is 0 Å². The summed E-state index contributed by atoms with van der Waals surface area (Å²) in [5, 5.41) is 3.30. The Bertz CT molecular complexity index is 497. The largest absolute Gasteiger partial charge is 0.398 e. The summed E-state index contributed by atoms with van der Waals surface area (Å²) in [4.78, 5) is 0. The van der Waals surface area contributed by atoms with Crippen LogP contribution in [0.3, 0.4) is 0 Å². The van der Waals surface area contributed by atoms with Crippen molar-refractivity contribution < 1.29 is 4.74 Å². The van der Waals surface area contributed by atoms with Gasteiger partial charge in [-0.05, 0) is 23.8 Å². The third-order valence-electron chi connectivity index (χ3n) is 2.77. The highest BCUT2D eigenvalue weighted by molar-refractivity contribution is 5.79. The van der Waals surface area contributed by atoms with Gasteiger partial charge in [-0.3, -0.25) is 0 Å². The van der Waals surface area contributed by atoms with E-state index in [9.17, 15) is 0 Å². The predicted octanol–water partition coefficient (Wildman–Crippen LogP) is 2.99. The zero-order valence-electron chi connectivity index (χ0n) is 10.5. The summed E-state index contributed by atoms with van der Waals surface area (Å²) in [5.41, 5.74) is 10.1. The molecule has 0 aliphatic rings. The van der Waals surface area contributed by atoms with Gasteiger partial charge in [-0.25, -0.2) is 0 Å². The van der Waals surface area contributed by atoms with Gasteiger partial charge in [0.1, 0.15) is 0 Å². The molecule has 94 valence electrons. The fraction of sp³-hybridized carbons (Fsp3) is 0.200. The maximum absolute atomic E-state index is 6.02. The lowest BCUT2D eigenvalue weighted by atomic mass is 10.0. The van der Waals surface area contributed by atoms with E-state index in [0.717, 1.165) is 29.0 Å². The zero-order valence-corrected chi connectivity index (χ0v) is 10.5. The normalized spacial score (nSPS) is 10.3.